The Balaban J connectivity index is 3.15. The van der Waals surface area contributed by atoms with Crippen LogP contribution >= 0.6 is 0 Å². The molecule has 3 heteroatoms. The summed E-state index contributed by atoms with van der Waals surface area (Å²) >= 11 is 0. The van der Waals surface area contributed by atoms with Gasteiger partial charge in [0.2, 0.25) is 0 Å². The maximum absolute atomic E-state index is 5.65. The largest absolute Gasteiger partial charge is 0.377 e. The summed E-state index contributed by atoms with van der Waals surface area (Å²) in [5.74, 6) is 0. The Kier molecular flexibility index (Phi) is 9.35. The van der Waals surface area contributed by atoms with Crippen LogP contribution in [0, 0.1) is 0 Å². The van der Waals surface area contributed by atoms with Crippen LogP contribution in [0.2, 0.25) is 0 Å². The van der Waals surface area contributed by atoms with Gasteiger partial charge in [-0.1, -0.05) is 6.92 Å². The van der Waals surface area contributed by atoms with Crippen molar-refractivity contribution in [3.05, 3.63) is 0 Å². The molecule has 0 aliphatic rings. The van der Waals surface area contributed by atoms with Crippen molar-refractivity contribution in [1.29, 1.82) is 0 Å². The normalized spacial score (nSPS) is 13.5. The van der Waals surface area contributed by atoms with Crippen molar-refractivity contribution in [3.8, 4) is 0 Å². The molecule has 0 aromatic carbocycles. The molecular weight excluding hydrogens is 176 g/mol. The minimum atomic E-state index is 0.374. The van der Waals surface area contributed by atoms with Crippen molar-refractivity contribution >= 4 is 0 Å². The molecule has 0 spiro atoms. The molecule has 0 amide bonds. The zero-order chi connectivity index (χ0) is 10.8. The Morgan fingerprint density at radius 2 is 2.00 bits per heavy atom. The summed E-state index contributed by atoms with van der Waals surface area (Å²) < 4.78 is 5.65. The Labute approximate surface area is 88.8 Å². The van der Waals surface area contributed by atoms with Crippen LogP contribution in [0.15, 0.2) is 0 Å². The first-order valence-electron chi connectivity index (χ1n) is 5.63. The molecule has 1 atom stereocenters. The highest BCUT2D eigenvalue weighted by molar-refractivity contribution is 4.54. The monoisotopic (exact) mass is 202 g/mol. The number of likely N-dealkylation sites (N-methyl/N-ethyl adjacent to an activating group) is 1. The van der Waals surface area contributed by atoms with Gasteiger partial charge in [0.15, 0.2) is 0 Å². The number of hydrogen-bond donors (Lipinski definition) is 1. The van der Waals surface area contributed by atoms with Gasteiger partial charge in [-0.15, -0.1) is 0 Å². The minimum absolute atomic E-state index is 0.374. The first kappa shape index (κ1) is 13.9. The molecule has 0 heterocycles. The molecule has 0 bridgehead atoms. The average molecular weight is 202 g/mol. The van der Waals surface area contributed by atoms with Gasteiger partial charge in [0, 0.05) is 6.54 Å². The molecule has 0 rings (SSSR count). The number of hydrogen-bond acceptors (Lipinski definition) is 3. The molecule has 86 valence electrons. The third-order valence-corrected chi connectivity index (χ3v) is 2.10. The predicted molar refractivity (Wildman–Crippen MR) is 61.7 cm³/mol. The lowest BCUT2D eigenvalue weighted by Gasteiger charge is -2.15. The number of nitrogens with one attached hydrogen (secondary N) is 1. The van der Waals surface area contributed by atoms with Gasteiger partial charge in [-0.25, -0.2) is 0 Å². The molecule has 3 nitrogen and oxygen atoms in total. The fourth-order valence-corrected chi connectivity index (χ4v) is 1.13. The van der Waals surface area contributed by atoms with Crippen molar-refractivity contribution in [1.82, 2.24) is 10.2 Å². The minimum Gasteiger partial charge on any atom is -0.377 e. The number of ether oxygens (including phenoxy) is 1. The summed E-state index contributed by atoms with van der Waals surface area (Å²) in [5, 5.41) is 3.37. The van der Waals surface area contributed by atoms with Crippen LogP contribution in [0.3, 0.4) is 0 Å². The van der Waals surface area contributed by atoms with Crippen LogP contribution in [-0.4, -0.2) is 51.3 Å². The van der Waals surface area contributed by atoms with Crippen LogP contribution in [-0.2, 0) is 4.74 Å². The van der Waals surface area contributed by atoms with Crippen molar-refractivity contribution < 1.29 is 4.74 Å². The zero-order valence-electron chi connectivity index (χ0n) is 10.2. The Morgan fingerprint density at radius 1 is 1.29 bits per heavy atom. The van der Waals surface area contributed by atoms with Crippen molar-refractivity contribution in [3.63, 3.8) is 0 Å². The fraction of sp³-hybridized carbons (Fsp3) is 1.00. The van der Waals surface area contributed by atoms with E-state index in [1.165, 1.54) is 6.42 Å². The van der Waals surface area contributed by atoms with E-state index in [1.54, 1.807) is 0 Å². The average Bonchev–Trinajstić information content (AvgIpc) is 2.12. The highest BCUT2D eigenvalue weighted by Crippen LogP contribution is 1.95. The molecular formula is C11H26N2O. The topological polar surface area (TPSA) is 24.5 Å². The molecule has 14 heavy (non-hydrogen) atoms. The SMILES string of the molecule is CCCNCCC(C)OCCN(C)C. The molecule has 0 aliphatic heterocycles. The third kappa shape index (κ3) is 9.96. The van der Waals surface area contributed by atoms with Crippen molar-refractivity contribution in [2.45, 2.75) is 32.8 Å². The first-order chi connectivity index (χ1) is 6.66. The van der Waals surface area contributed by atoms with Crippen LogP contribution in [0.1, 0.15) is 26.7 Å². The predicted octanol–water partition coefficient (Wildman–Crippen LogP) is 1.34. The summed E-state index contributed by atoms with van der Waals surface area (Å²) in [6.07, 6.45) is 2.68. The van der Waals surface area contributed by atoms with E-state index in [-0.39, 0.29) is 0 Å². The van der Waals surface area contributed by atoms with Crippen LogP contribution in [0.25, 0.3) is 0 Å². The summed E-state index contributed by atoms with van der Waals surface area (Å²) in [4.78, 5) is 2.14. The Hall–Kier alpha value is -0.120. The lowest BCUT2D eigenvalue weighted by molar-refractivity contribution is 0.0510. The molecule has 0 saturated heterocycles. The molecule has 0 aromatic heterocycles. The van der Waals surface area contributed by atoms with Gasteiger partial charge in [-0.3, -0.25) is 0 Å². The molecule has 0 radical (unpaired) electrons. The van der Waals surface area contributed by atoms with Gasteiger partial charge < -0.3 is 15.0 Å². The Bertz CT molecular complexity index is 118. The maximum Gasteiger partial charge on any atom is 0.0596 e. The summed E-state index contributed by atoms with van der Waals surface area (Å²) in [5.41, 5.74) is 0. The number of nitrogens with zero attached hydrogens (tertiary/aromatic N) is 1. The van der Waals surface area contributed by atoms with Gasteiger partial charge in [-0.05, 0) is 47.0 Å². The van der Waals surface area contributed by atoms with Crippen LogP contribution in [0.5, 0.6) is 0 Å². The van der Waals surface area contributed by atoms with Gasteiger partial charge in [0.05, 0.1) is 12.7 Å². The maximum atomic E-state index is 5.65. The van der Waals surface area contributed by atoms with Crippen molar-refractivity contribution in [2.24, 2.45) is 0 Å². The highest BCUT2D eigenvalue weighted by Gasteiger charge is 2.01. The van der Waals surface area contributed by atoms with E-state index in [4.69, 9.17) is 4.74 Å². The summed E-state index contributed by atoms with van der Waals surface area (Å²) in [7, 11) is 4.13. The van der Waals surface area contributed by atoms with Gasteiger partial charge in [0.25, 0.3) is 0 Å². The smallest absolute Gasteiger partial charge is 0.0596 e. The number of rotatable bonds is 9. The first-order valence-corrected chi connectivity index (χ1v) is 5.63. The standard InChI is InChI=1S/C11H26N2O/c1-5-7-12-8-6-11(2)14-10-9-13(3)4/h11-12H,5-10H2,1-4H3. The molecule has 0 aliphatic carbocycles. The molecule has 1 unspecified atom stereocenters. The summed E-state index contributed by atoms with van der Waals surface area (Å²) in [6.45, 7) is 8.35. The second kappa shape index (κ2) is 9.44. The molecule has 0 aromatic rings. The van der Waals surface area contributed by atoms with Crippen molar-refractivity contribution in [2.75, 3.05) is 40.3 Å². The van der Waals surface area contributed by atoms with Gasteiger partial charge in [0.1, 0.15) is 0 Å². The van der Waals surface area contributed by atoms with E-state index in [1.807, 2.05) is 0 Å². The van der Waals surface area contributed by atoms with Crippen LogP contribution < -0.4 is 5.32 Å². The van der Waals surface area contributed by atoms with E-state index < -0.39 is 0 Å². The lowest BCUT2D eigenvalue weighted by atomic mass is 10.3. The molecule has 1 N–H and O–H groups in total. The van der Waals surface area contributed by atoms with E-state index in [9.17, 15) is 0 Å². The zero-order valence-corrected chi connectivity index (χ0v) is 10.2. The third-order valence-electron chi connectivity index (χ3n) is 2.10. The van der Waals surface area contributed by atoms with E-state index >= 15 is 0 Å². The van der Waals surface area contributed by atoms with Gasteiger partial charge in [-0.2, -0.15) is 0 Å². The van der Waals surface area contributed by atoms with Crippen LogP contribution in [0.4, 0.5) is 0 Å². The second-order valence-corrected chi connectivity index (χ2v) is 4.02. The quantitative estimate of drug-likeness (QED) is 0.571. The highest BCUT2D eigenvalue weighted by atomic mass is 16.5. The van der Waals surface area contributed by atoms with E-state index in [0.717, 1.165) is 32.7 Å². The van der Waals surface area contributed by atoms with Gasteiger partial charge >= 0.3 is 0 Å². The second-order valence-electron chi connectivity index (χ2n) is 4.02. The van der Waals surface area contributed by atoms with E-state index in [0.29, 0.717) is 6.10 Å². The summed E-state index contributed by atoms with van der Waals surface area (Å²) in [6, 6.07) is 0. The Morgan fingerprint density at radius 3 is 2.57 bits per heavy atom. The van der Waals surface area contributed by atoms with E-state index in [2.05, 4.69) is 38.2 Å². The fourth-order valence-electron chi connectivity index (χ4n) is 1.13. The lowest BCUT2D eigenvalue weighted by Crippen LogP contribution is -2.24. The molecule has 0 saturated carbocycles. The molecule has 0 fully saturated rings.